The van der Waals surface area contributed by atoms with Gasteiger partial charge in [0.2, 0.25) is 0 Å². The zero-order valence-corrected chi connectivity index (χ0v) is 13.4. The Bertz CT molecular complexity index is 983. The predicted octanol–water partition coefficient (Wildman–Crippen LogP) is 1.47. The molecule has 0 bridgehead atoms. The van der Waals surface area contributed by atoms with Gasteiger partial charge in [0.15, 0.2) is 0 Å². The Labute approximate surface area is 138 Å². The van der Waals surface area contributed by atoms with Crippen LogP contribution < -0.4 is 5.32 Å². The van der Waals surface area contributed by atoms with Gasteiger partial charge in [0.25, 0.3) is 15.9 Å². The van der Waals surface area contributed by atoms with Crippen molar-refractivity contribution in [2.75, 3.05) is 5.32 Å². The van der Waals surface area contributed by atoms with Crippen LogP contribution in [0.4, 0.5) is 5.69 Å². The van der Waals surface area contributed by atoms with E-state index in [0.29, 0.717) is 5.69 Å². The second kappa shape index (κ2) is 6.20. The summed E-state index contributed by atoms with van der Waals surface area (Å²) in [5.74, 6) is -0.454. The molecule has 8 nitrogen and oxygen atoms in total. The van der Waals surface area contributed by atoms with Gasteiger partial charge in [0.1, 0.15) is 10.6 Å². The van der Waals surface area contributed by atoms with Crippen LogP contribution in [0, 0.1) is 6.92 Å². The van der Waals surface area contributed by atoms with Crippen LogP contribution in [0.3, 0.4) is 0 Å². The zero-order valence-electron chi connectivity index (χ0n) is 12.6. The first-order chi connectivity index (χ1) is 11.5. The predicted molar refractivity (Wildman–Crippen MR) is 86.0 cm³/mol. The van der Waals surface area contributed by atoms with Crippen molar-refractivity contribution in [3.8, 4) is 0 Å². The Morgan fingerprint density at radius 2 is 1.92 bits per heavy atom. The van der Waals surface area contributed by atoms with Crippen molar-refractivity contribution in [1.29, 1.82) is 0 Å². The molecule has 0 unspecified atom stereocenters. The molecule has 0 aliphatic heterocycles. The minimum atomic E-state index is -3.87. The average molecular weight is 343 g/mol. The maximum Gasteiger partial charge on any atom is 0.284 e. The number of hydrogen-bond acceptors (Lipinski definition) is 6. The number of aromatic nitrogens is 4. The van der Waals surface area contributed by atoms with Gasteiger partial charge in [-0.15, -0.1) is 0 Å². The molecule has 0 fully saturated rings. The third kappa shape index (κ3) is 3.01. The van der Waals surface area contributed by atoms with Crippen molar-refractivity contribution < 1.29 is 13.2 Å². The number of nitrogens with zero attached hydrogens (tertiary/aromatic N) is 4. The highest BCUT2D eigenvalue weighted by Crippen LogP contribution is 2.17. The van der Waals surface area contributed by atoms with Crippen LogP contribution in [0.2, 0.25) is 0 Å². The second-order valence-corrected chi connectivity index (χ2v) is 6.63. The van der Waals surface area contributed by atoms with Crippen molar-refractivity contribution >= 4 is 21.6 Å². The van der Waals surface area contributed by atoms with Crippen LogP contribution in [0.5, 0.6) is 0 Å². The topological polar surface area (TPSA) is 107 Å². The average Bonchev–Trinajstić information content (AvgIpc) is 3.05. The van der Waals surface area contributed by atoms with Gasteiger partial charge >= 0.3 is 0 Å². The van der Waals surface area contributed by atoms with Crippen LogP contribution in [0.15, 0.2) is 60.0 Å². The summed E-state index contributed by atoms with van der Waals surface area (Å²) in [7, 11) is -3.87. The lowest BCUT2D eigenvalue weighted by Crippen LogP contribution is -2.16. The van der Waals surface area contributed by atoms with Gasteiger partial charge in [-0.05, 0) is 31.2 Å². The summed E-state index contributed by atoms with van der Waals surface area (Å²) in [5, 5.41) is 6.37. The number of pyridine rings is 2. The second-order valence-electron chi connectivity index (χ2n) is 4.86. The minimum absolute atomic E-state index is 0.0516. The summed E-state index contributed by atoms with van der Waals surface area (Å²) in [4.78, 5) is 20.0. The van der Waals surface area contributed by atoms with E-state index >= 15 is 0 Å². The van der Waals surface area contributed by atoms with Crippen molar-refractivity contribution in [3.63, 3.8) is 0 Å². The lowest BCUT2D eigenvalue weighted by atomic mass is 10.3. The molecule has 122 valence electrons. The van der Waals surface area contributed by atoms with E-state index in [2.05, 4.69) is 20.4 Å². The zero-order chi connectivity index (χ0) is 17.2. The first kappa shape index (κ1) is 15.8. The fourth-order valence-corrected chi connectivity index (χ4v) is 3.34. The Morgan fingerprint density at radius 1 is 1.12 bits per heavy atom. The first-order valence-electron chi connectivity index (χ1n) is 6.93. The molecule has 3 rings (SSSR count). The summed E-state index contributed by atoms with van der Waals surface area (Å²) >= 11 is 0. The molecule has 24 heavy (non-hydrogen) atoms. The standard InChI is InChI=1S/C15H13N5O3S/c1-11-14(6-4-8-16-11)24(22,23)20-10-12(9-18-20)19-15(21)13-5-2-3-7-17-13/h2-10H,1H3,(H,19,21). The van der Waals surface area contributed by atoms with Crippen LogP contribution in [0.25, 0.3) is 0 Å². The number of carbonyl (C=O) groups is 1. The van der Waals surface area contributed by atoms with E-state index < -0.39 is 15.9 Å². The molecule has 1 amide bonds. The summed E-state index contributed by atoms with van der Waals surface area (Å²) in [6, 6.07) is 7.91. The van der Waals surface area contributed by atoms with Crippen LogP contribution in [-0.4, -0.2) is 33.5 Å². The summed E-state index contributed by atoms with van der Waals surface area (Å²) in [6.07, 6.45) is 5.48. The van der Waals surface area contributed by atoms with Crippen LogP contribution in [-0.2, 0) is 10.0 Å². The van der Waals surface area contributed by atoms with Gasteiger partial charge in [-0.1, -0.05) is 6.07 Å². The van der Waals surface area contributed by atoms with Gasteiger partial charge in [-0.25, -0.2) is 0 Å². The van der Waals surface area contributed by atoms with E-state index in [1.54, 1.807) is 25.1 Å². The lowest BCUT2D eigenvalue weighted by molar-refractivity contribution is 0.102. The molecule has 0 saturated carbocycles. The van der Waals surface area contributed by atoms with E-state index in [0.717, 1.165) is 4.09 Å². The highest BCUT2D eigenvalue weighted by atomic mass is 32.2. The van der Waals surface area contributed by atoms with Crippen molar-refractivity contribution in [3.05, 3.63) is 66.5 Å². The smallest absolute Gasteiger partial charge is 0.284 e. The highest BCUT2D eigenvalue weighted by molar-refractivity contribution is 7.89. The number of nitrogens with one attached hydrogen (secondary N) is 1. The largest absolute Gasteiger partial charge is 0.318 e. The quantitative estimate of drug-likeness (QED) is 0.769. The van der Waals surface area contributed by atoms with Gasteiger partial charge in [-0.3, -0.25) is 14.8 Å². The monoisotopic (exact) mass is 343 g/mol. The fraction of sp³-hybridized carbons (Fsp3) is 0.0667. The molecular formula is C15H13N5O3S. The Balaban J connectivity index is 1.86. The first-order valence-corrected chi connectivity index (χ1v) is 8.37. The number of aryl methyl sites for hydroxylation is 1. The molecule has 0 aliphatic rings. The van der Waals surface area contributed by atoms with Gasteiger partial charge in [-0.2, -0.15) is 17.6 Å². The molecular weight excluding hydrogens is 330 g/mol. The summed E-state index contributed by atoms with van der Waals surface area (Å²) in [5.41, 5.74) is 0.832. The molecule has 0 aromatic carbocycles. The number of hydrogen-bond donors (Lipinski definition) is 1. The van der Waals surface area contributed by atoms with E-state index in [1.165, 1.54) is 36.9 Å². The lowest BCUT2D eigenvalue weighted by Gasteiger charge is -2.06. The summed E-state index contributed by atoms with van der Waals surface area (Å²) in [6.45, 7) is 1.60. The van der Waals surface area contributed by atoms with E-state index in [4.69, 9.17) is 0 Å². The van der Waals surface area contributed by atoms with Crippen LogP contribution >= 0.6 is 0 Å². The molecule has 9 heteroatoms. The van der Waals surface area contributed by atoms with Crippen molar-refractivity contribution in [2.24, 2.45) is 0 Å². The van der Waals surface area contributed by atoms with Crippen LogP contribution in [0.1, 0.15) is 16.2 Å². The fourth-order valence-electron chi connectivity index (χ4n) is 2.04. The molecule has 0 atom stereocenters. The highest BCUT2D eigenvalue weighted by Gasteiger charge is 2.21. The maximum absolute atomic E-state index is 12.6. The van der Waals surface area contributed by atoms with E-state index in [9.17, 15) is 13.2 Å². The normalized spacial score (nSPS) is 11.2. The molecule has 0 saturated heterocycles. The Hall–Kier alpha value is -3.07. The van der Waals surface area contributed by atoms with Gasteiger partial charge in [0, 0.05) is 12.4 Å². The van der Waals surface area contributed by atoms with Crippen molar-refractivity contribution in [2.45, 2.75) is 11.8 Å². The summed E-state index contributed by atoms with van der Waals surface area (Å²) < 4.78 is 25.9. The van der Waals surface area contributed by atoms with E-state index in [-0.39, 0.29) is 16.3 Å². The van der Waals surface area contributed by atoms with E-state index in [1.807, 2.05) is 0 Å². The Kier molecular flexibility index (Phi) is 4.09. The molecule has 3 aromatic heterocycles. The number of carbonyl (C=O) groups excluding carboxylic acids is 1. The maximum atomic E-state index is 12.6. The molecule has 3 aromatic rings. The van der Waals surface area contributed by atoms with Crippen molar-refractivity contribution in [1.82, 2.24) is 19.2 Å². The molecule has 3 heterocycles. The number of amides is 1. The number of rotatable bonds is 4. The third-order valence-corrected chi connectivity index (χ3v) is 4.88. The molecule has 1 N–H and O–H groups in total. The van der Waals surface area contributed by atoms with Gasteiger partial charge < -0.3 is 5.32 Å². The Morgan fingerprint density at radius 3 is 2.62 bits per heavy atom. The van der Waals surface area contributed by atoms with Gasteiger partial charge in [0.05, 0.1) is 23.8 Å². The molecule has 0 spiro atoms. The molecule has 0 aliphatic carbocycles. The minimum Gasteiger partial charge on any atom is -0.318 e. The number of anilines is 1. The third-order valence-electron chi connectivity index (χ3n) is 3.20. The SMILES string of the molecule is Cc1ncccc1S(=O)(=O)n1cc(NC(=O)c2ccccn2)cn1. The molecule has 0 radical (unpaired) electrons.